The summed E-state index contributed by atoms with van der Waals surface area (Å²) in [6.07, 6.45) is -0.0746. The van der Waals surface area contributed by atoms with Crippen molar-refractivity contribution in [3.05, 3.63) is 65.7 Å². The summed E-state index contributed by atoms with van der Waals surface area (Å²) in [4.78, 5) is 11.1. The Hall–Kier alpha value is -1.84. The van der Waals surface area contributed by atoms with Gasteiger partial charge in [-0.1, -0.05) is 49.4 Å². The average molecular weight is 270 g/mol. The van der Waals surface area contributed by atoms with Gasteiger partial charge in [0, 0.05) is 5.92 Å². The molecule has 0 spiro atoms. The lowest BCUT2D eigenvalue weighted by Crippen LogP contribution is -2.09. The molecule has 3 heteroatoms. The van der Waals surface area contributed by atoms with Crippen LogP contribution in [0.4, 0.5) is 0 Å². The van der Waals surface area contributed by atoms with Crippen LogP contribution >= 0.6 is 0 Å². The molecule has 3 atom stereocenters. The molecule has 0 unspecified atom stereocenters. The lowest BCUT2D eigenvalue weighted by atomic mass is 9.89. The number of hydrogen-bond donors (Lipinski definition) is 0. The van der Waals surface area contributed by atoms with Crippen LogP contribution in [0.2, 0.25) is 0 Å². The molecule has 0 radical (unpaired) electrons. The van der Waals surface area contributed by atoms with Crippen LogP contribution in [0.5, 0.6) is 5.75 Å². The topological polar surface area (TPSA) is 27.7 Å². The minimum Gasteiger partial charge on any atom is -0.497 e. The third-order valence-corrected chi connectivity index (χ3v) is 3.79. The van der Waals surface area contributed by atoms with E-state index < -0.39 is 0 Å². The predicted octanol–water partition coefficient (Wildman–Crippen LogP) is 4.08. The molecule has 1 fully saturated rings. The Bertz CT molecular complexity index is 550. The molecule has 104 valence electrons. The normalized spacial score (nSPS) is 25.6. The lowest BCUT2D eigenvalue weighted by Gasteiger charge is -2.16. The van der Waals surface area contributed by atoms with E-state index >= 15 is 0 Å². The quantitative estimate of drug-likeness (QED) is 0.787. The molecule has 3 rings (SSSR count). The van der Waals surface area contributed by atoms with Crippen LogP contribution in [0.25, 0.3) is 0 Å². The minimum atomic E-state index is -0.0499. The highest BCUT2D eigenvalue weighted by Gasteiger charge is 2.37. The fourth-order valence-electron chi connectivity index (χ4n) is 2.61. The van der Waals surface area contributed by atoms with Gasteiger partial charge >= 0.3 is 0 Å². The van der Waals surface area contributed by atoms with Gasteiger partial charge in [-0.25, -0.2) is 9.78 Å². The van der Waals surface area contributed by atoms with E-state index in [1.165, 1.54) is 0 Å². The maximum atomic E-state index is 5.55. The molecule has 0 N–H and O–H groups in total. The molecule has 1 aliphatic heterocycles. The van der Waals surface area contributed by atoms with E-state index in [2.05, 4.69) is 19.1 Å². The molecule has 0 bridgehead atoms. The average Bonchev–Trinajstić information content (AvgIpc) is 2.90. The zero-order valence-electron chi connectivity index (χ0n) is 11.7. The highest BCUT2D eigenvalue weighted by molar-refractivity contribution is 5.30. The van der Waals surface area contributed by atoms with Crippen molar-refractivity contribution in [2.75, 3.05) is 7.11 Å². The van der Waals surface area contributed by atoms with Crippen molar-refractivity contribution < 1.29 is 14.5 Å². The second kappa shape index (κ2) is 5.65. The van der Waals surface area contributed by atoms with Crippen molar-refractivity contribution in [1.29, 1.82) is 0 Å². The molecule has 0 saturated carbocycles. The number of ether oxygens (including phenoxy) is 1. The first kappa shape index (κ1) is 13.2. The van der Waals surface area contributed by atoms with Crippen LogP contribution in [0.15, 0.2) is 54.6 Å². The van der Waals surface area contributed by atoms with Gasteiger partial charge in [0.2, 0.25) is 0 Å². The highest BCUT2D eigenvalue weighted by atomic mass is 17.2. The molecule has 0 amide bonds. The second-order valence-corrected chi connectivity index (χ2v) is 5.08. The Morgan fingerprint density at radius 1 is 0.800 bits per heavy atom. The van der Waals surface area contributed by atoms with E-state index in [1.54, 1.807) is 7.11 Å². The molecule has 2 aromatic carbocycles. The molecule has 3 nitrogen and oxygen atoms in total. The number of benzene rings is 2. The maximum Gasteiger partial charge on any atom is 0.123 e. The van der Waals surface area contributed by atoms with E-state index in [0.29, 0.717) is 0 Å². The number of methoxy groups -OCH3 is 1. The van der Waals surface area contributed by atoms with E-state index in [4.69, 9.17) is 14.5 Å². The fraction of sp³-hybridized carbons (Fsp3) is 0.294. The first-order chi connectivity index (χ1) is 9.79. The number of rotatable bonds is 3. The van der Waals surface area contributed by atoms with Gasteiger partial charge in [0.15, 0.2) is 0 Å². The Morgan fingerprint density at radius 2 is 1.35 bits per heavy atom. The summed E-state index contributed by atoms with van der Waals surface area (Å²) in [5.74, 6) is 1.10. The summed E-state index contributed by atoms with van der Waals surface area (Å²) < 4.78 is 5.18. The zero-order chi connectivity index (χ0) is 13.9. The van der Waals surface area contributed by atoms with Gasteiger partial charge in [0.25, 0.3) is 0 Å². The van der Waals surface area contributed by atoms with Crippen LogP contribution in [0.1, 0.15) is 30.3 Å². The first-order valence-electron chi connectivity index (χ1n) is 6.80. The first-order valence-corrected chi connectivity index (χ1v) is 6.80. The largest absolute Gasteiger partial charge is 0.497 e. The van der Waals surface area contributed by atoms with E-state index in [9.17, 15) is 0 Å². The molecule has 0 aromatic heterocycles. The SMILES string of the molecule is COc1ccc([C@@H]2OO[C@@H](c3ccccc3)[C@H]2C)cc1. The van der Waals surface area contributed by atoms with Crippen LogP contribution in [-0.2, 0) is 9.78 Å². The van der Waals surface area contributed by atoms with Crippen LogP contribution in [-0.4, -0.2) is 7.11 Å². The zero-order valence-corrected chi connectivity index (χ0v) is 11.7. The molecule has 20 heavy (non-hydrogen) atoms. The minimum absolute atomic E-state index is 0.0247. The third-order valence-electron chi connectivity index (χ3n) is 3.79. The van der Waals surface area contributed by atoms with Crippen molar-refractivity contribution in [1.82, 2.24) is 0 Å². The fourth-order valence-corrected chi connectivity index (χ4v) is 2.61. The second-order valence-electron chi connectivity index (χ2n) is 5.08. The summed E-state index contributed by atoms with van der Waals surface area (Å²) in [5, 5.41) is 0. The van der Waals surface area contributed by atoms with Crippen molar-refractivity contribution >= 4 is 0 Å². The Labute approximate surface area is 119 Å². The summed E-state index contributed by atoms with van der Waals surface area (Å²) in [6, 6.07) is 18.1. The monoisotopic (exact) mass is 270 g/mol. The van der Waals surface area contributed by atoms with Crippen molar-refractivity contribution in [3.8, 4) is 5.75 Å². The third kappa shape index (κ3) is 2.42. The van der Waals surface area contributed by atoms with E-state index in [-0.39, 0.29) is 18.1 Å². The molecule has 1 saturated heterocycles. The van der Waals surface area contributed by atoms with Crippen molar-refractivity contribution in [2.24, 2.45) is 5.92 Å². The maximum absolute atomic E-state index is 5.55. The standard InChI is InChI=1S/C17H18O3/c1-12-16(13-6-4-3-5-7-13)19-20-17(12)14-8-10-15(18-2)11-9-14/h3-12,16-17H,1-2H3/t12-,16-,17-/m1/s1. The molecular formula is C17H18O3. The molecular weight excluding hydrogens is 252 g/mol. The van der Waals surface area contributed by atoms with Gasteiger partial charge in [-0.05, 0) is 23.3 Å². The van der Waals surface area contributed by atoms with Gasteiger partial charge in [-0.2, -0.15) is 0 Å². The van der Waals surface area contributed by atoms with Crippen LogP contribution < -0.4 is 4.74 Å². The van der Waals surface area contributed by atoms with Gasteiger partial charge in [-0.15, -0.1) is 0 Å². The van der Waals surface area contributed by atoms with Gasteiger partial charge in [0.1, 0.15) is 18.0 Å². The van der Waals surface area contributed by atoms with Gasteiger partial charge in [0.05, 0.1) is 7.11 Å². The van der Waals surface area contributed by atoms with E-state index in [1.807, 2.05) is 42.5 Å². The molecule has 1 aliphatic rings. The smallest absolute Gasteiger partial charge is 0.123 e. The van der Waals surface area contributed by atoms with Crippen molar-refractivity contribution in [2.45, 2.75) is 19.1 Å². The predicted molar refractivity (Wildman–Crippen MR) is 76.3 cm³/mol. The Morgan fingerprint density at radius 3 is 1.90 bits per heavy atom. The highest BCUT2D eigenvalue weighted by Crippen LogP contribution is 2.44. The van der Waals surface area contributed by atoms with Gasteiger partial charge < -0.3 is 4.74 Å². The summed E-state index contributed by atoms with van der Waals surface area (Å²) in [5.41, 5.74) is 2.26. The van der Waals surface area contributed by atoms with Crippen LogP contribution in [0, 0.1) is 5.92 Å². The number of hydrogen-bond acceptors (Lipinski definition) is 3. The van der Waals surface area contributed by atoms with Crippen molar-refractivity contribution in [3.63, 3.8) is 0 Å². The molecule has 2 aromatic rings. The van der Waals surface area contributed by atoms with Gasteiger partial charge in [-0.3, -0.25) is 0 Å². The summed E-state index contributed by atoms with van der Waals surface area (Å²) in [6.45, 7) is 2.15. The molecule has 1 heterocycles. The Balaban J connectivity index is 1.79. The lowest BCUT2D eigenvalue weighted by molar-refractivity contribution is -0.300. The Kier molecular flexibility index (Phi) is 3.72. The summed E-state index contributed by atoms with van der Waals surface area (Å²) in [7, 11) is 1.66. The summed E-state index contributed by atoms with van der Waals surface area (Å²) >= 11 is 0. The van der Waals surface area contributed by atoms with E-state index in [0.717, 1.165) is 16.9 Å². The van der Waals surface area contributed by atoms with Crippen LogP contribution in [0.3, 0.4) is 0 Å². The molecule has 0 aliphatic carbocycles.